The molecule has 0 heterocycles. The van der Waals surface area contributed by atoms with E-state index in [1.54, 1.807) is 12.1 Å². The quantitative estimate of drug-likeness (QED) is 0.805. The molecule has 0 saturated carbocycles. The van der Waals surface area contributed by atoms with Crippen molar-refractivity contribution in [3.63, 3.8) is 0 Å². The van der Waals surface area contributed by atoms with E-state index in [0.717, 1.165) is 15.6 Å². The maximum atomic E-state index is 12.4. The zero-order chi connectivity index (χ0) is 19.3. The van der Waals surface area contributed by atoms with Gasteiger partial charge in [0.15, 0.2) is 0 Å². The standard InChI is InChI=1S/C19H24N2O4S/c1-14-8-5-6-11-18(14)25-13-15(2)20-19(22)16-9-7-10-17(12-16)26(23,24)21(3)4/h5-12,15H,13H2,1-4H3,(H,20,22). The summed E-state index contributed by atoms with van der Waals surface area (Å²) in [6.07, 6.45) is 0. The van der Waals surface area contributed by atoms with E-state index >= 15 is 0 Å². The van der Waals surface area contributed by atoms with Crippen LogP contribution in [0.2, 0.25) is 0 Å². The van der Waals surface area contributed by atoms with Gasteiger partial charge in [-0.15, -0.1) is 0 Å². The van der Waals surface area contributed by atoms with Crippen LogP contribution in [0.1, 0.15) is 22.8 Å². The summed E-state index contributed by atoms with van der Waals surface area (Å²) in [5.41, 5.74) is 1.31. The highest BCUT2D eigenvalue weighted by Gasteiger charge is 2.19. The molecule has 26 heavy (non-hydrogen) atoms. The molecule has 0 aromatic heterocycles. The highest BCUT2D eigenvalue weighted by atomic mass is 32.2. The third-order valence-electron chi connectivity index (χ3n) is 3.83. The molecule has 7 heteroatoms. The average Bonchev–Trinajstić information content (AvgIpc) is 2.61. The summed E-state index contributed by atoms with van der Waals surface area (Å²) in [4.78, 5) is 12.5. The predicted molar refractivity (Wildman–Crippen MR) is 101 cm³/mol. The van der Waals surface area contributed by atoms with Gasteiger partial charge in [0.1, 0.15) is 12.4 Å². The lowest BCUT2D eigenvalue weighted by Crippen LogP contribution is -2.37. The first-order valence-electron chi connectivity index (χ1n) is 8.23. The lowest BCUT2D eigenvalue weighted by Gasteiger charge is -2.17. The number of hydrogen-bond donors (Lipinski definition) is 1. The van der Waals surface area contributed by atoms with Crippen LogP contribution in [0.25, 0.3) is 0 Å². The van der Waals surface area contributed by atoms with Crippen molar-refractivity contribution in [3.05, 3.63) is 59.7 Å². The zero-order valence-corrected chi connectivity index (χ0v) is 16.2. The van der Waals surface area contributed by atoms with Crippen molar-refractivity contribution >= 4 is 15.9 Å². The molecule has 2 aromatic rings. The van der Waals surface area contributed by atoms with E-state index in [2.05, 4.69) is 5.32 Å². The Bertz CT molecular complexity index is 879. The molecule has 2 rings (SSSR count). The second-order valence-corrected chi connectivity index (χ2v) is 8.42. The van der Waals surface area contributed by atoms with Gasteiger partial charge in [0.25, 0.3) is 5.91 Å². The van der Waals surface area contributed by atoms with Gasteiger partial charge < -0.3 is 10.1 Å². The third-order valence-corrected chi connectivity index (χ3v) is 5.65. The molecule has 1 unspecified atom stereocenters. The molecular formula is C19H24N2O4S. The Labute approximate surface area is 154 Å². The first-order valence-corrected chi connectivity index (χ1v) is 9.67. The van der Waals surface area contributed by atoms with Crippen LogP contribution in [-0.4, -0.2) is 45.4 Å². The molecule has 0 aliphatic carbocycles. The number of rotatable bonds is 7. The highest BCUT2D eigenvalue weighted by molar-refractivity contribution is 7.89. The van der Waals surface area contributed by atoms with Crippen molar-refractivity contribution in [2.75, 3.05) is 20.7 Å². The maximum absolute atomic E-state index is 12.4. The van der Waals surface area contributed by atoms with E-state index in [1.807, 2.05) is 38.1 Å². The van der Waals surface area contributed by atoms with Crippen molar-refractivity contribution in [1.82, 2.24) is 9.62 Å². The number of hydrogen-bond acceptors (Lipinski definition) is 4. The Balaban J connectivity index is 2.02. The lowest BCUT2D eigenvalue weighted by atomic mass is 10.2. The second kappa shape index (κ2) is 8.33. The topological polar surface area (TPSA) is 75.7 Å². The summed E-state index contributed by atoms with van der Waals surface area (Å²) in [7, 11) is -0.681. The van der Waals surface area contributed by atoms with Gasteiger partial charge in [-0.05, 0) is 43.7 Å². The molecule has 0 fully saturated rings. The van der Waals surface area contributed by atoms with E-state index in [-0.39, 0.29) is 22.4 Å². The Morgan fingerprint density at radius 3 is 2.50 bits per heavy atom. The van der Waals surface area contributed by atoms with Gasteiger partial charge in [-0.3, -0.25) is 4.79 Å². The molecule has 0 spiro atoms. The molecule has 0 aliphatic rings. The molecule has 1 N–H and O–H groups in total. The van der Waals surface area contributed by atoms with Crippen molar-refractivity contribution in [3.8, 4) is 5.75 Å². The number of aryl methyl sites for hydroxylation is 1. The van der Waals surface area contributed by atoms with Gasteiger partial charge in [-0.1, -0.05) is 24.3 Å². The number of benzene rings is 2. The lowest BCUT2D eigenvalue weighted by molar-refractivity contribution is 0.0926. The van der Waals surface area contributed by atoms with Crippen LogP contribution in [0, 0.1) is 6.92 Å². The van der Waals surface area contributed by atoms with Crippen molar-refractivity contribution < 1.29 is 17.9 Å². The van der Waals surface area contributed by atoms with Gasteiger partial charge in [0.2, 0.25) is 10.0 Å². The van der Waals surface area contributed by atoms with Gasteiger partial charge in [-0.25, -0.2) is 12.7 Å². The number of para-hydroxylation sites is 1. The summed E-state index contributed by atoms with van der Waals surface area (Å²) in [6, 6.07) is 13.4. The van der Waals surface area contributed by atoms with E-state index in [9.17, 15) is 13.2 Å². The number of ether oxygens (including phenoxy) is 1. The molecule has 1 amide bonds. The fourth-order valence-electron chi connectivity index (χ4n) is 2.29. The zero-order valence-electron chi connectivity index (χ0n) is 15.4. The number of carbonyl (C=O) groups is 1. The number of nitrogens with zero attached hydrogens (tertiary/aromatic N) is 1. The summed E-state index contributed by atoms with van der Waals surface area (Å²) < 4.78 is 31.2. The van der Waals surface area contributed by atoms with Crippen LogP contribution in [0.3, 0.4) is 0 Å². The molecule has 0 saturated heterocycles. The minimum atomic E-state index is -3.58. The van der Waals surface area contributed by atoms with Crippen LogP contribution in [0.5, 0.6) is 5.75 Å². The van der Waals surface area contributed by atoms with Gasteiger partial charge in [0.05, 0.1) is 10.9 Å². The minimum absolute atomic E-state index is 0.0824. The molecule has 1 atom stereocenters. The normalized spacial score (nSPS) is 12.7. The molecular weight excluding hydrogens is 352 g/mol. The number of carbonyl (C=O) groups excluding carboxylic acids is 1. The van der Waals surface area contributed by atoms with Crippen molar-refractivity contribution in [2.24, 2.45) is 0 Å². The largest absolute Gasteiger partial charge is 0.491 e. The minimum Gasteiger partial charge on any atom is -0.491 e. The van der Waals surface area contributed by atoms with Gasteiger partial charge in [-0.2, -0.15) is 0 Å². The fourth-order valence-corrected chi connectivity index (χ4v) is 3.24. The Hall–Kier alpha value is -2.38. The SMILES string of the molecule is Cc1ccccc1OCC(C)NC(=O)c1cccc(S(=O)(=O)N(C)C)c1. The average molecular weight is 376 g/mol. The molecule has 140 valence electrons. The first-order chi connectivity index (χ1) is 12.2. The summed E-state index contributed by atoms with van der Waals surface area (Å²) >= 11 is 0. The van der Waals surface area contributed by atoms with Crippen LogP contribution >= 0.6 is 0 Å². The van der Waals surface area contributed by atoms with Gasteiger partial charge >= 0.3 is 0 Å². The monoisotopic (exact) mass is 376 g/mol. The Kier molecular flexibility index (Phi) is 6.39. The van der Waals surface area contributed by atoms with Crippen LogP contribution in [0.15, 0.2) is 53.4 Å². The Morgan fingerprint density at radius 1 is 1.15 bits per heavy atom. The molecule has 0 radical (unpaired) electrons. The molecule has 2 aromatic carbocycles. The molecule has 0 bridgehead atoms. The molecule has 6 nitrogen and oxygen atoms in total. The van der Waals surface area contributed by atoms with E-state index in [0.29, 0.717) is 6.61 Å². The fraction of sp³-hybridized carbons (Fsp3) is 0.316. The van der Waals surface area contributed by atoms with E-state index < -0.39 is 10.0 Å². The number of nitrogens with one attached hydrogen (secondary N) is 1. The van der Waals surface area contributed by atoms with E-state index in [1.165, 1.54) is 26.2 Å². The highest BCUT2D eigenvalue weighted by Crippen LogP contribution is 2.17. The van der Waals surface area contributed by atoms with Crippen molar-refractivity contribution in [2.45, 2.75) is 24.8 Å². The predicted octanol–water partition coefficient (Wildman–Crippen LogP) is 2.44. The number of sulfonamides is 1. The van der Waals surface area contributed by atoms with Crippen LogP contribution < -0.4 is 10.1 Å². The maximum Gasteiger partial charge on any atom is 0.251 e. The summed E-state index contributed by atoms with van der Waals surface area (Å²) in [5.74, 6) is 0.425. The summed E-state index contributed by atoms with van der Waals surface area (Å²) in [5, 5.41) is 2.82. The second-order valence-electron chi connectivity index (χ2n) is 6.27. The smallest absolute Gasteiger partial charge is 0.251 e. The molecule has 0 aliphatic heterocycles. The van der Waals surface area contributed by atoms with Crippen LogP contribution in [0.4, 0.5) is 0 Å². The van der Waals surface area contributed by atoms with Gasteiger partial charge in [0, 0.05) is 19.7 Å². The third kappa shape index (κ3) is 4.83. The van der Waals surface area contributed by atoms with Crippen molar-refractivity contribution in [1.29, 1.82) is 0 Å². The Morgan fingerprint density at radius 2 is 1.85 bits per heavy atom. The first kappa shape index (κ1) is 19.9. The summed E-state index contributed by atoms with van der Waals surface area (Å²) in [6.45, 7) is 4.10. The number of amides is 1. The van der Waals surface area contributed by atoms with Crippen LogP contribution in [-0.2, 0) is 10.0 Å². The van der Waals surface area contributed by atoms with E-state index in [4.69, 9.17) is 4.74 Å².